The van der Waals surface area contributed by atoms with Crippen molar-refractivity contribution < 1.29 is 24.6 Å². The fraction of sp³-hybridized carbons (Fsp3) is 0.500. The number of aliphatic carboxylic acids is 1. The maximum Gasteiger partial charge on any atom is 0.326 e. The van der Waals surface area contributed by atoms with E-state index in [0.717, 1.165) is 25.9 Å². The first kappa shape index (κ1) is 19.7. The van der Waals surface area contributed by atoms with Crippen molar-refractivity contribution in [1.82, 2.24) is 15.5 Å². The molecule has 2 atom stereocenters. The van der Waals surface area contributed by atoms with Crippen LogP contribution in [-0.2, 0) is 20.8 Å². The van der Waals surface area contributed by atoms with Gasteiger partial charge >= 0.3 is 5.97 Å². The number of rotatable bonds is 8. The van der Waals surface area contributed by atoms with Crippen LogP contribution in [0.1, 0.15) is 25.3 Å². The lowest BCUT2D eigenvalue weighted by Gasteiger charge is -2.22. The van der Waals surface area contributed by atoms with Crippen LogP contribution in [0.15, 0.2) is 24.3 Å². The third-order valence-corrected chi connectivity index (χ3v) is 4.51. The monoisotopic (exact) mass is 363 g/mol. The minimum absolute atomic E-state index is 0.0837. The molecule has 0 saturated carbocycles. The van der Waals surface area contributed by atoms with E-state index in [0.29, 0.717) is 5.56 Å². The molecule has 1 aromatic rings. The molecule has 1 aliphatic rings. The molecule has 4 N–H and O–H groups in total. The zero-order valence-electron chi connectivity index (χ0n) is 14.8. The first-order valence-electron chi connectivity index (χ1n) is 8.72. The number of carboxylic acid groups (broad SMARTS) is 1. The normalized spacial score (nSPS) is 18.3. The van der Waals surface area contributed by atoms with Crippen molar-refractivity contribution in [3.63, 3.8) is 0 Å². The van der Waals surface area contributed by atoms with Gasteiger partial charge < -0.3 is 20.8 Å². The van der Waals surface area contributed by atoms with E-state index in [1.807, 2.05) is 6.92 Å². The number of amides is 2. The molecule has 0 bridgehead atoms. The smallest absolute Gasteiger partial charge is 0.326 e. The molecule has 1 saturated heterocycles. The highest BCUT2D eigenvalue weighted by Crippen LogP contribution is 2.16. The van der Waals surface area contributed by atoms with Crippen molar-refractivity contribution in [3.05, 3.63) is 29.8 Å². The Morgan fingerprint density at radius 2 is 1.96 bits per heavy atom. The molecule has 0 aromatic heterocycles. The quantitative estimate of drug-likeness (QED) is 0.520. The number of nitrogens with one attached hydrogen (secondary N) is 2. The Bertz CT molecular complexity index is 647. The predicted molar refractivity (Wildman–Crippen MR) is 94.7 cm³/mol. The molecule has 2 rings (SSSR count). The lowest BCUT2D eigenvalue weighted by atomic mass is 10.1. The maximum absolute atomic E-state index is 12.2. The summed E-state index contributed by atoms with van der Waals surface area (Å²) in [6.07, 6.45) is 1.80. The highest BCUT2D eigenvalue weighted by atomic mass is 16.4. The zero-order chi connectivity index (χ0) is 19.1. The number of phenols is 1. The van der Waals surface area contributed by atoms with Crippen LogP contribution >= 0.6 is 0 Å². The minimum Gasteiger partial charge on any atom is -0.508 e. The average Bonchev–Trinajstić information content (AvgIpc) is 3.09. The molecule has 0 radical (unpaired) electrons. The molecular formula is C18H25N3O5. The summed E-state index contributed by atoms with van der Waals surface area (Å²) in [6.45, 7) is 3.37. The van der Waals surface area contributed by atoms with Crippen LogP contribution in [-0.4, -0.2) is 64.6 Å². The number of phenolic OH excluding ortho intramolecular Hbond substituents is 1. The molecule has 2 amide bonds. The number of carbonyl (C=O) groups is 3. The van der Waals surface area contributed by atoms with E-state index in [1.54, 1.807) is 12.1 Å². The molecule has 0 unspecified atom stereocenters. The fourth-order valence-electron chi connectivity index (χ4n) is 3.10. The van der Waals surface area contributed by atoms with E-state index in [1.165, 1.54) is 12.1 Å². The van der Waals surface area contributed by atoms with Gasteiger partial charge in [-0.15, -0.1) is 0 Å². The van der Waals surface area contributed by atoms with Gasteiger partial charge in [0.1, 0.15) is 11.8 Å². The number of likely N-dealkylation sites (tertiary alicyclic amines) is 1. The second kappa shape index (κ2) is 9.19. The summed E-state index contributed by atoms with van der Waals surface area (Å²) in [5.74, 6) is -1.83. The third-order valence-electron chi connectivity index (χ3n) is 4.51. The van der Waals surface area contributed by atoms with E-state index < -0.39 is 17.9 Å². The maximum atomic E-state index is 12.2. The van der Waals surface area contributed by atoms with Crippen molar-refractivity contribution in [3.8, 4) is 5.75 Å². The first-order valence-corrected chi connectivity index (χ1v) is 8.72. The largest absolute Gasteiger partial charge is 0.508 e. The van der Waals surface area contributed by atoms with Gasteiger partial charge in [-0.25, -0.2) is 4.79 Å². The summed E-state index contributed by atoms with van der Waals surface area (Å²) >= 11 is 0. The number of likely N-dealkylation sites (N-methyl/N-ethyl adjacent to an activating group) is 1. The van der Waals surface area contributed by atoms with Gasteiger partial charge in [0.15, 0.2) is 0 Å². The van der Waals surface area contributed by atoms with Gasteiger partial charge in [0.25, 0.3) is 0 Å². The standard InChI is InChI=1S/C18H25N3O5/c1-2-21-9-3-4-15(21)17(24)19-11-16(23)20-14(18(25)26)10-12-5-7-13(22)8-6-12/h5-8,14-15,22H,2-4,9-11H2,1H3,(H,19,24)(H,20,23)(H,25,26)/t14-,15-/m0/s1. The summed E-state index contributed by atoms with van der Waals surface area (Å²) in [5, 5.41) is 23.6. The highest BCUT2D eigenvalue weighted by Gasteiger charge is 2.29. The topological polar surface area (TPSA) is 119 Å². The van der Waals surface area contributed by atoms with Gasteiger partial charge in [-0.1, -0.05) is 19.1 Å². The van der Waals surface area contributed by atoms with Gasteiger partial charge in [0.05, 0.1) is 12.6 Å². The molecule has 0 spiro atoms. The molecule has 26 heavy (non-hydrogen) atoms. The summed E-state index contributed by atoms with van der Waals surface area (Å²) < 4.78 is 0. The van der Waals surface area contributed by atoms with Gasteiger partial charge in [-0.3, -0.25) is 14.5 Å². The SMILES string of the molecule is CCN1CCC[C@H]1C(=O)NCC(=O)N[C@@H](Cc1ccc(O)cc1)C(=O)O. The lowest BCUT2D eigenvalue weighted by molar-refractivity contribution is -0.141. The van der Waals surface area contributed by atoms with Crippen LogP contribution in [0.4, 0.5) is 0 Å². The summed E-state index contributed by atoms with van der Waals surface area (Å²) in [6, 6.07) is 4.77. The van der Waals surface area contributed by atoms with Crippen LogP contribution in [0, 0.1) is 0 Å². The second-order valence-electron chi connectivity index (χ2n) is 6.33. The van der Waals surface area contributed by atoms with Gasteiger partial charge in [0, 0.05) is 6.42 Å². The van der Waals surface area contributed by atoms with Crippen LogP contribution in [0.25, 0.3) is 0 Å². The van der Waals surface area contributed by atoms with Crippen molar-refractivity contribution in [1.29, 1.82) is 0 Å². The van der Waals surface area contributed by atoms with Gasteiger partial charge in [-0.05, 0) is 43.6 Å². The summed E-state index contributed by atoms with van der Waals surface area (Å²) in [7, 11) is 0. The molecule has 8 heteroatoms. The Morgan fingerprint density at radius 1 is 1.27 bits per heavy atom. The number of benzene rings is 1. The molecule has 142 valence electrons. The molecular weight excluding hydrogens is 338 g/mol. The fourth-order valence-corrected chi connectivity index (χ4v) is 3.10. The number of hydrogen-bond donors (Lipinski definition) is 4. The summed E-state index contributed by atoms with van der Waals surface area (Å²) in [4.78, 5) is 37.6. The van der Waals surface area contributed by atoms with Gasteiger partial charge in [0.2, 0.25) is 11.8 Å². The molecule has 1 aliphatic heterocycles. The first-order chi connectivity index (χ1) is 12.4. The molecule has 8 nitrogen and oxygen atoms in total. The Morgan fingerprint density at radius 3 is 2.58 bits per heavy atom. The van der Waals surface area contributed by atoms with E-state index in [2.05, 4.69) is 15.5 Å². The van der Waals surface area contributed by atoms with E-state index in [9.17, 15) is 24.6 Å². The Kier molecular flexibility index (Phi) is 6.97. The second-order valence-corrected chi connectivity index (χ2v) is 6.33. The Balaban J connectivity index is 1.84. The summed E-state index contributed by atoms with van der Waals surface area (Å²) in [5.41, 5.74) is 0.670. The third kappa shape index (κ3) is 5.45. The zero-order valence-corrected chi connectivity index (χ0v) is 14.8. The van der Waals surface area contributed by atoms with Crippen LogP contribution in [0.5, 0.6) is 5.75 Å². The number of aromatic hydroxyl groups is 1. The number of carbonyl (C=O) groups excluding carboxylic acids is 2. The number of hydrogen-bond acceptors (Lipinski definition) is 5. The van der Waals surface area contributed by atoms with Crippen LogP contribution < -0.4 is 10.6 Å². The molecule has 1 heterocycles. The minimum atomic E-state index is -1.16. The van der Waals surface area contributed by atoms with Crippen LogP contribution in [0.2, 0.25) is 0 Å². The van der Waals surface area contributed by atoms with E-state index >= 15 is 0 Å². The average molecular weight is 363 g/mol. The van der Waals surface area contributed by atoms with E-state index in [4.69, 9.17) is 0 Å². The van der Waals surface area contributed by atoms with Crippen molar-refractivity contribution in [2.45, 2.75) is 38.3 Å². The molecule has 1 fully saturated rings. The van der Waals surface area contributed by atoms with Crippen LogP contribution in [0.3, 0.4) is 0 Å². The van der Waals surface area contributed by atoms with Crippen molar-refractivity contribution >= 4 is 17.8 Å². The number of carboxylic acids is 1. The predicted octanol–water partition coefficient (Wildman–Crippen LogP) is 0.105. The Labute approximate surface area is 152 Å². The van der Waals surface area contributed by atoms with Crippen molar-refractivity contribution in [2.75, 3.05) is 19.6 Å². The lowest BCUT2D eigenvalue weighted by Crippen LogP contribution is -2.49. The molecule has 0 aliphatic carbocycles. The highest BCUT2D eigenvalue weighted by molar-refractivity contribution is 5.89. The number of nitrogens with zero attached hydrogens (tertiary/aromatic N) is 1. The van der Waals surface area contributed by atoms with E-state index in [-0.39, 0.29) is 30.7 Å². The Hall–Kier alpha value is -2.61. The molecule has 1 aromatic carbocycles. The van der Waals surface area contributed by atoms with Gasteiger partial charge in [-0.2, -0.15) is 0 Å². The van der Waals surface area contributed by atoms with Crippen molar-refractivity contribution in [2.24, 2.45) is 0 Å².